The van der Waals surface area contributed by atoms with Crippen molar-refractivity contribution in [2.24, 2.45) is 5.92 Å². The molecule has 1 aromatic carbocycles. The van der Waals surface area contributed by atoms with Crippen LogP contribution in [0.1, 0.15) is 70.9 Å². The van der Waals surface area contributed by atoms with Crippen molar-refractivity contribution >= 4 is 18.1 Å². The highest BCUT2D eigenvalue weighted by atomic mass is 16.7. The van der Waals surface area contributed by atoms with Crippen molar-refractivity contribution in [3.8, 4) is 11.5 Å². The van der Waals surface area contributed by atoms with Crippen molar-refractivity contribution in [1.29, 1.82) is 0 Å². The van der Waals surface area contributed by atoms with E-state index in [0.717, 1.165) is 24.1 Å². The number of ether oxygens (including phenoxy) is 2. The molecule has 4 rings (SSSR count). The first-order valence-corrected chi connectivity index (χ1v) is 12.2. The molecule has 1 aromatic heterocycles. The van der Waals surface area contributed by atoms with Gasteiger partial charge in [0.1, 0.15) is 0 Å². The number of rotatable bonds is 6. The molecule has 1 aliphatic heterocycles. The summed E-state index contributed by atoms with van der Waals surface area (Å²) in [6.45, 7) is 11.3. The van der Waals surface area contributed by atoms with E-state index in [4.69, 9.17) is 14.6 Å². The molecule has 1 unspecified atom stereocenters. The third kappa shape index (κ3) is 4.82. The zero-order chi connectivity index (χ0) is 26.2. The lowest BCUT2D eigenvalue weighted by Crippen LogP contribution is -2.47. The molecular formula is C27H33N3O6. The summed E-state index contributed by atoms with van der Waals surface area (Å²) in [5.74, 6) is -0.133. The van der Waals surface area contributed by atoms with Gasteiger partial charge in [-0.25, -0.2) is 4.79 Å². The van der Waals surface area contributed by atoms with Crippen molar-refractivity contribution in [2.75, 3.05) is 0 Å². The number of carbonyl (C=O) groups excluding carboxylic acids is 1. The van der Waals surface area contributed by atoms with Crippen LogP contribution in [0.2, 0.25) is 0 Å². The van der Waals surface area contributed by atoms with Gasteiger partial charge in [-0.05, 0) is 64.2 Å². The second-order valence-electron chi connectivity index (χ2n) is 9.84. The molecule has 4 N–H and O–H groups in total. The summed E-state index contributed by atoms with van der Waals surface area (Å²) in [6.07, 6.45) is 3.52. The molecule has 1 saturated carbocycles. The molecule has 1 atom stereocenters. The minimum absolute atomic E-state index is 0.0577. The van der Waals surface area contributed by atoms with Gasteiger partial charge in [0.05, 0.1) is 0 Å². The van der Waals surface area contributed by atoms with Gasteiger partial charge in [0.25, 0.3) is 17.3 Å². The number of pyridine rings is 1. The van der Waals surface area contributed by atoms with Gasteiger partial charge in [-0.3, -0.25) is 9.59 Å². The second kappa shape index (κ2) is 9.72. The van der Waals surface area contributed by atoms with Gasteiger partial charge in [0.15, 0.2) is 11.5 Å². The summed E-state index contributed by atoms with van der Waals surface area (Å²) in [7, 11) is 0. The number of H-pyrrole nitrogens is 1. The van der Waals surface area contributed by atoms with E-state index in [1.54, 1.807) is 12.1 Å². The molecule has 0 saturated heterocycles. The second-order valence-corrected chi connectivity index (χ2v) is 9.84. The fourth-order valence-electron chi connectivity index (χ4n) is 5.26. The Hall–Kier alpha value is -3.75. The fourth-order valence-corrected chi connectivity index (χ4v) is 5.26. The molecule has 0 radical (unpaired) electrons. The fraction of sp³-hybridized carbons (Fsp3) is 0.444. The van der Waals surface area contributed by atoms with Gasteiger partial charge in [0.2, 0.25) is 0 Å². The van der Waals surface area contributed by atoms with E-state index >= 15 is 0 Å². The SMILES string of the molecule is C=Cc1cc(C(=O)NCc2c(C)cc(C)[nH]c2=O)c(C)c2c1OC(C)([C@H]1CC[C@H](NC(=O)O)CC1)O2. The van der Waals surface area contributed by atoms with Gasteiger partial charge in [-0.15, -0.1) is 0 Å². The van der Waals surface area contributed by atoms with Gasteiger partial charge in [0, 0.05) is 53.4 Å². The normalized spacial score (nSPS) is 22.7. The number of hydrogen-bond donors (Lipinski definition) is 4. The molecule has 2 heterocycles. The highest BCUT2D eigenvalue weighted by molar-refractivity contribution is 5.97. The Morgan fingerprint density at radius 3 is 2.44 bits per heavy atom. The van der Waals surface area contributed by atoms with Crippen LogP contribution in [0.4, 0.5) is 4.79 Å². The zero-order valence-electron chi connectivity index (χ0n) is 21.1. The molecule has 36 heavy (non-hydrogen) atoms. The van der Waals surface area contributed by atoms with Gasteiger partial charge >= 0.3 is 6.09 Å². The van der Waals surface area contributed by atoms with E-state index in [1.807, 2.05) is 33.8 Å². The quantitative estimate of drug-likeness (QED) is 0.476. The zero-order valence-corrected chi connectivity index (χ0v) is 21.1. The number of hydrogen-bond acceptors (Lipinski definition) is 5. The molecule has 2 amide bonds. The number of benzene rings is 1. The summed E-state index contributed by atoms with van der Waals surface area (Å²) in [5.41, 5.74) is 3.59. The Bertz CT molecular complexity index is 1280. The van der Waals surface area contributed by atoms with Crippen molar-refractivity contribution < 1.29 is 24.2 Å². The topological polar surface area (TPSA) is 130 Å². The number of amides is 2. The van der Waals surface area contributed by atoms with Crippen LogP contribution < -0.4 is 25.7 Å². The largest absolute Gasteiger partial charge is 0.465 e. The molecule has 2 aromatic rings. The van der Waals surface area contributed by atoms with Crippen LogP contribution in [0.15, 0.2) is 23.5 Å². The number of carbonyl (C=O) groups is 2. The number of aromatic amines is 1. The molecule has 9 heteroatoms. The van der Waals surface area contributed by atoms with E-state index in [2.05, 4.69) is 22.2 Å². The molecule has 9 nitrogen and oxygen atoms in total. The third-order valence-electron chi connectivity index (χ3n) is 7.30. The Morgan fingerprint density at radius 2 is 1.83 bits per heavy atom. The lowest BCUT2D eigenvalue weighted by Gasteiger charge is -2.37. The average molecular weight is 496 g/mol. The number of aromatic nitrogens is 1. The predicted molar refractivity (Wildman–Crippen MR) is 136 cm³/mol. The highest BCUT2D eigenvalue weighted by Crippen LogP contribution is 2.50. The van der Waals surface area contributed by atoms with E-state index < -0.39 is 11.9 Å². The maximum Gasteiger partial charge on any atom is 0.404 e. The van der Waals surface area contributed by atoms with E-state index in [-0.39, 0.29) is 30.0 Å². The molecular weight excluding hydrogens is 462 g/mol. The van der Waals surface area contributed by atoms with Crippen LogP contribution in [0.5, 0.6) is 11.5 Å². The summed E-state index contributed by atoms with van der Waals surface area (Å²) in [5, 5.41) is 14.4. The average Bonchev–Trinajstić information content (AvgIpc) is 3.18. The Balaban J connectivity index is 1.53. The van der Waals surface area contributed by atoms with Crippen LogP contribution in [0.3, 0.4) is 0 Å². The Labute approximate surface area is 209 Å². The first kappa shape index (κ1) is 25.3. The predicted octanol–water partition coefficient (Wildman–Crippen LogP) is 4.19. The number of carboxylic acid groups (broad SMARTS) is 1. The summed E-state index contributed by atoms with van der Waals surface area (Å²) in [4.78, 5) is 39.2. The lowest BCUT2D eigenvalue weighted by atomic mass is 9.81. The maximum absolute atomic E-state index is 13.2. The van der Waals surface area contributed by atoms with Crippen molar-refractivity contribution in [1.82, 2.24) is 15.6 Å². The Kier molecular flexibility index (Phi) is 6.84. The standard InChI is InChI=1S/C27H33N3O6/c1-6-17-12-20(24(31)28-13-21-14(2)11-15(3)29-25(21)32)16(4)22-23(17)36-27(5,35-22)18-7-9-19(10-8-18)30-26(33)34/h6,11-12,18-19,30H,1,7-10,13H2,2-5H3,(H,28,31)(H,29,32)(H,33,34)/t18-,19-,27?. The summed E-state index contributed by atoms with van der Waals surface area (Å²) < 4.78 is 12.7. The number of fused-ring (bicyclic) bond motifs is 1. The van der Waals surface area contributed by atoms with Crippen LogP contribution >= 0.6 is 0 Å². The van der Waals surface area contributed by atoms with E-state index in [1.165, 1.54) is 0 Å². The van der Waals surface area contributed by atoms with Gasteiger partial charge in [-0.2, -0.15) is 0 Å². The monoisotopic (exact) mass is 495 g/mol. The molecule has 1 aliphatic carbocycles. The third-order valence-corrected chi connectivity index (χ3v) is 7.30. The van der Waals surface area contributed by atoms with E-state index in [0.29, 0.717) is 46.6 Å². The van der Waals surface area contributed by atoms with Crippen molar-refractivity contribution in [3.05, 3.63) is 62.6 Å². The number of aryl methyl sites for hydroxylation is 2. The molecule has 1 fully saturated rings. The Morgan fingerprint density at radius 1 is 1.17 bits per heavy atom. The first-order valence-electron chi connectivity index (χ1n) is 12.2. The smallest absolute Gasteiger partial charge is 0.404 e. The van der Waals surface area contributed by atoms with Crippen LogP contribution in [0.25, 0.3) is 6.08 Å². The summed E-state index contributed by atoms with van der Waals surface area (Å²) >= 11 is 0. The van der Waals surface area contributed by atoms with E-state index in [9.17, 15) is 14.4 Å². The van der Waals surface area contributed by atoms with Crippen LogP contribution in [-0.2, 0) is 6.54 Å². The molecule has 192 valence electrons. The highest BCUT2D eigenvalue weighted by Gasteiger charge is 2.47. The number of nitrogens with one attached hydrogen (secondary N) is 3. The maximum atomic E-state index is 13.2. The molecule has 2 aliphatic rings. The van der Waals surface area contributed by atoms with Crippen LogP contribution in [0, 0.1) is 26.7 Å². The first-order chi connectivity index (χ1) is 17.0. The molecule has 0 spiro atoms. The van der Waals surface area contributed by atoms with Crippen molar-refractivity contribution in [3.63, 3.8) is 0 Å². The van der Waals surface area contributed by atoms with Crippen LogP contribution in [-0.4, -0.2) is 33.9 Å². The summed E-state index contributed by atoms with van der Waals surface area (Å²) in [6, 6.07) is 3.53. The van der Waals surface area contributed by atoms with Crippen molar-refractivity contribution in [2.45, 2.75) is 71.8 Å². The van der Waals surface area contributed by atoms with Gasteiger partial charge < -0.3 is 30.2 Å². The minimum Gasteiger partial charge on any atom is -0.465 e. The van der Waals surface area contributed by atoms with Gasteiger partial charge in [-0.1, -0.05) is 12.7 Å². The molecule has 0 bridgehead atoms. The lowest BCUT2D eigenvalue weighted by molar-refractivity contribution is -0.121. The minimum atomic E-state index is -1.01.